The molecule has 1 aliphatic heterocycles. The highest BCUT2D eigenvalue weighted by molar-refractivity contribution is 5.96. The minimum Gasteiger partial charge on any atom is -0.494 e. The van der Waals surface area contributed by atoms with Gasteiger partial charge in [-0.2, -0.15) is 5.26 Å². The largest absolute Gasteiger partial charge is 0.494 e. The number of ether oxygens (including phenoxy) is 1. The molecule has 138 valence electrons. The summed E-state index contributed by atoms with van der Waals surface area (Å²) in [5.74, 6) is 0.584. The van der Waals surface area contributed by atoms with E-state index in [1.165, 1.54) is 0 Å². The van der Waals surface area contributed by atoms with Crippen LogP contribution < -0.4 is 4.74 Å². The van der Waals surface area contributed by atoms with Crippen LogP contribution in [0.5, 0.6) is 5.75 Å². The highest BCUT2D eigenvalue weighted by Gasteiger charge is 2.25. The summed E-state index contributed by atoms with van der Waals surface area (Å²) < 4.78 is 5.40. The van der Waals surface area contributed by atoms with Crippen molar-refractivity contribution in [3.63, 3.8) is 0 Å². The number of hydrogen-bond donors (Lipinski definition) is 0. The Labute approximate surface area is 158 Å². The first-order chi connectivity index (χ1) is 13.1. The zero-order valence-corrected chi connectivity index (χ0v) is 15.2. The van der Waals surface area contributed by atoms with Crippen LogP contribution in [0.1, 0.15) is 33.2 Å². The molecule has 1 aliphatic rings. The van der Waals surface area contributed by atoms with Gasteiger partial charge in [-0.15, -0.1) is 0 Å². The fraction of sp³-hybridized carbons (Fsp3) is 0.286. The Morgan fingerprint density at radius 3 is 2.11 bits per heavy atom. The molecule has 0 bridgehead atoms. The van der Waals surface area contributed by atoms with Crippen LogP contribution in [0.4, 0.5) is 0 Å². The van der Waals surface area contributed by atoms with Gasteiger partial charge in [0.15, 0.2) is 0 Å². The minimum absolute atomic E-state index is 0.0448. The molecule has 6 heteroatoms. The van der Waals surface area contributed by atoms with Gasteiger partial charge in [0.05, 0.1) is 18.2 Å². The van der Waals surface area contributed by atoms with Crippen LogP contribution in [-0.4, -0.2) is 54.4 Å². The Kier molecular flexibility index (Phi) is 5.72. The number of piperazine rings is 1. The summed E-state index contributed by atoms with van der Waals surface area (Å²) >= 11 is 0. The summed E-state index contributed by atoms with van der Waals surface area (Å²) in [7, 11) is 0. The number of carbonyl (C=O) groups is 2. The maximum absolute atomic E-state index is 12.6. The van der Waals surface area contributed by atoms with Crippen molar-refractivity contribution in [2.45, 2.75) is 6.92 Å². The molecule has 0 atom stereocenters. The predicted molar refractivity (Wildman–Crippen MR) is 101 cm³/mol. The lowest BCUT2D eigenvalue weighted by molar-refractivity contribution is 0.0535. The molecular formula is C21H21N3O3. The number of rotatable bonds is 4. The summed E-state index contributed by atoms with van der Waals surface area (Å²) in [6.45, 7) is 4.40. The van der Waals surface area contributed by atoms with Crippen LogP contribution in [0.2, 0.25) is 0 Å². The van der Waals surface area contributed by atoms with E-state index in [4.69, 9.17) is 10.00 Å². The molecule has 3 rings (SSSR count). The lowest BCUT2D eigenvalue weighted by Crippen LogP contribution is -2.50. The van der Waals surface area contributed by atoms with Crippen molar-refractivity contribution in [1.82, 2.24) is 9.80 Å². The van der Waals surface area contributed by atoms with Gasteiger partial charge in [0.1, 0.15) is 5.75 Å². The summed E-state index contributed by atoms with van der Waals surface area (Å²) in [6, 6.07) is 15.8. The van der Waals surface area contributed by atoms with Crippen molar-refractivity contribution in [3.8, 4) is 11.8 Å². The predicted octanol–water partition coefficient (Wildman–Crippen LogP) is 2.56. The van der Waals surface area contributed by atoms with E-state index >= 15 is 0 Å². The third-order valence-corrected chi connectivity index (χ3v) is 4.50. The van der Waals surface area contributed by atoms with E-state index in [0.717, 1.165) is 5.75 Å². The Balaban J connectivity index is 1.60. The number of amides is 2. The molecule has 2 aromatic rings. The number of nitriles is 1. The van der Waals surface area contributed by atoms with Crippen LogP contribution in [0.3, 0.4) is 0 Å². The van der Waals surface area contributed by atoms with Gasteiger partial charge in [0.25, 0.3) is 11.8 Å². The van der Waals surface area contributed by atoms with Crippen LogP contribution in [-0.2, 0) is 0 Å². The van der Waals surface area contributed by atoms with Crippen molar-refractivity contribution in [1.29, 1.82) is 5.26 Å². The van der Waals surface area contributed by atoms with Crippen LogP contribution in [0, 0.1) is 11.3 Å². The fourth-order valence-corrected chi connectivity index (χ4v) is 3.06. The second kappa shape index (κ2) is 8.37. The molecule has 1 saturated heterocycles. The average molecular weight is 363 g/mol. The van der Waals surface area contributed by atoms with Crippen molar-refractivity contribution < 1.29 is 14.3 Å². The van der Waals surface area contributed by atoms with Gasteiger partial charge >= 0.3 is 0 Å². The molecule has 0 radical (unpaired) electrons. The van der Waals surface area contributed by atoms with Gasteiger partial charge in [-0.3, -0.25) is 9.59 Å². The highest BCUT2D eigenvalue weighted by Crippen LogP contribution is 2.16. The van der Waals surface area contributed by atoms with Crippen molar-refractivity contribution in [3.05, 3.63) is 65.2 Å². The van der Waals surface area contributed by atoms with Gasteiger partial charge in [-0.25, -0.2) is 0 Å². The Bertz CT molecular complexity index is 863. The van der Waals surface area contributed by atoms with E-state index < -0.39 is 0 Å². The van der Waals surface area contributed by atoms with Gasteiger partial charge in [-0.05, 0) is 49.4 Å². The van der Waals surface area contributed by atoms with Crippen molar-refractivity contribution >= 4 is 11.8 Å². The zero-order chi connectivity index (χ0) is 19.2. The maximum Gasteiger partial charge on any atom is 0.254 e. The summed E-state index contributed by atoms with van der Waals surface area (Å²) in [5.41, 5.74) is 1.57. The van der Waals surface area contributed by atoms with Gasteiger partial charge in [0, 0.05) is 37.3 Å². The monoisotopic (exact) mass is 363 g/mol. The van der Waals surface area contributed by atoms with E-state index in [9.17, 15) is 9.59 Å². The fourth-order valence-electron chi connectivity index (χ4n) is 3.06. The van der Waals surface area contributed by atoms with Crippen LogP contribution in [0.25, 0.3) is 0 Å². The molecule has 27 heavy (non-hydrogen) atoms. The Morgan fingerprint density at radius 2 is 1.56 bits per heavy atom. The molecule has 1 fully saturated rings. The second-order valence-corrected chi connectivity index (χ2v) is 6.23. The van der Waals surface area contributed by atoms with Crippen LogP contribution >= 0.6 is 0 Å². The minimum atomic E-state index is -0.111. The molecular weight excluding hydrogens is 342 g/mol. The van der Waals surface area contributed by atoms with E-state index in [0.29, 0.717) is 49.5 Å². The first-order valence-corrected chi connectivity index (χ1v) is 8.94. The highest BCUT2D eigenvalue weighted by atomic mass is 16.5. The summed E-state index contributed by atoms with van der Waals surface area (Å²) in [6.07, 6.45) is 0. The smallest absolute Gasteiger partial charge is 0.254 e. The summed E-state index contributed by atoms with van der Waals surface area (Å²) in [5, 5.41) is 8.98. The number of benzene rings is 2. The lowest BCUT2D eigenvalue weighted by atomic mass is 10.1. The van der Waals surface area contributed by atoms with E-state index in [2.05, 4.69) is 0 Å². The molecule has 0 N–H and O–H groups in total. The number of hydrogen-bond acceptors (Lipinski definition) is 4. The number of nitrogens with zero attached hydrogens (tertiary/aromatic N) is 3. The molecule has 6 nitrogen and oxygen atoms in total. The molecule has 0 saturated carbocycles. The van der Waals surface area contributed by atoms with Gasteiger partial charge < -0.3 is 14.5 Å². The quantitative estimate of drug-likeness (QED) is 0.837. The molecule has 0 aliphatic carbocycles. The third kappa shape index (κ3) is 4.26. The Morgan fingerprint density at radius 1 is 0.963 bits per heavy atom. The zero-order valence-electron chi connectivity index (χ0n) is 15.2. The molecule has 2 amide bonds. The van der Waals surface area contributed by atoms with Crippen LogP contribution in [0.15, 0.2) is 48.5 Å². The standard InChI is InChI=1S/C21H21N3O3/c1-2-27-19-8-6-17(7-9-19)20(25)23-10-12-24(13-11-23)21(26)18-5-3-4-16(14-18)15-22/h3-9,14H,2,10-13H2,1H3. The first-order valence-electron chi connectivity index (χ1n) is 8.94. The van der Waals surface area contributed by atoms with Gasteiger partial charge in [-0.1, -0.05) is 6.07 Å². The summed E-state index contributed by atoms with van der Waals surface area (Å²) in [4.78, 5) is 28.7. The molecule has 2 aromatic carbocycles. The molecule has 1 heterocycles. The van der Waals surface area contributed by atoms with Crippen molar-refractivity contribution in [2.75, 3.05) is 32.8 Å². The molecule has 0 unspecified atom stereocenters. The Hall–Kier alpha value is -3.33. The molecule has 0 aromatic heterocycles. The van der Waals surface area contributed by atoms with E-state index in [1.54, 1.807) is 58.3 Å². The van der Waals surface area contributed by atoms with Gasteiger partial charge in [0.2, 0.25) is 0 Å². The topological polar surface area (TPSA) is 73.6 Å². The second-order valence-electron chi connectivity index (χ2n) is 6.23. The number of carbonyl (C=O) groups excluding carboxylic acids is 2. The van der Waals surface area contributed by atoms with E-state index in [-0.39, 0.29) is 11.8 Å². The van der Waals surface area contributed by atoms with E-state index in [1.807, 2.05) is 13.0 Å². The normalized spacial score (nSPS) is 13.8. The average Bonchev–Trinajstić information content (AvgIpc) is 2.73. The third-order valence-electron chi connectivity index (χ3n) is 4.50. The van der Waals surface area contributed by atoms with Crippen molar-refractivity contribution in [2.24, 2.45) is 0 Å². The molecule has 0 spiro atoms. The SMILES string of the molecule is CCOc1ccc(C(=O)N2CCN(C(=O)c3cccc(C#N)c3)CC2)cc1. The lowest BCUT2D eigenvalue weighted by Gasteiger charge is -2.35. The maximum atomic E-state index is 12.6. The first kappa shape index (κ1) is 18.5.